The van der Waals surface area contributed by atoms with Gasteiger partial charge in [0.1, 0.15) is 0 Å². The third-order valence-corrected chi connectivity index (χ3v) is 5.28. The number of nitrogens with zero attached hydrogens (tertiary/aromatic N) is 1. The number of piperidine rings is 1. The number of carbonyl (C=O) groups excluding carboxylic acids is 1. The van der Waals surface area contributed by atoms with Crippen LogP contribution < -0.4 is 10.6 Å². The summed E-state index contributed by atoms with van der Waals surface area (Å²) in [5.74, 6) is 0.132. The van der Waals surface area contributed by atoms with Gasteiger partial charge >= 0.3 is 0 Å². The van der Waals surface area contributed by atoms with Crippen molar-refractivity contribution in [3.63, 3.8) is 0 Å². The molecule has 2 N–H and O–H groups in total. The van der Waals surface area contributed by atoms with Gasteiger partial charge in [0.25, 0.3) is 0 Å². The first-order valence-electron chi connectivity index (χ1n) is 8.67. The zero-order valence-electron chi connectivity index (χ0n) is 14.1. The summed E-state index contributed by atoms with van der Waals surface area (Å²) in [6.07, 6.45) is 9.09. The topological polar surface area (TPSA) is 44.4 Å². The average Bonchev–Trinajstić information content (AvgIpc) is 2.62. The smallest absolute Gasteiger partial charge is 0.233 e. The maximum absolute atomic E-state index is 11.4. The molecule has 2 rings (SSSR count). The molecule has 0 aromatic rings. The van der Waals surface area contributed by atoms with Crippen molar-refractivity contribution in [3.8, 4) is 0 Å². The molecule has 1 amide bonds. The van der Waals surface area contributed by atoms with Gasteiger partial charge in [-0.15, -0.1) is 0 Å². The molecule has 0 bridgehead atoms. The van der Waals surface area contributed by atoms with Crippen LogP contribution in [0.1, 0.15) is 58.8 Å². The van der Waals surface area contributed by atoms with Gasteiger partial charge in [-0.05, 0) is 43.9 Å². The summed E-state index contributed by atoms with van der Waals surface area (Å²) in [6.45, 7) is 7.47. The van der Waals surface area contributed by atoms with E-state index in [0.717, 1.165) is 13.1 Å². The molecule has 1 heterocycles. The molecular formula is C17H33N3O. The molecule has 0 radical (unpaired) electrons. The Morgan fingerprint density at radius 1 is 1.10 bits per heavy atom. The maximum atomic E-state index is 11.4. The third-order valence-electron chi connectivity index (χ3n) is 5.28. The Morgan fingerprint density at radius 3 is 2.43 bits per heavy atom. The third kappa shape index (κ3) is 5.59. The molecule has 2 aliphatic rings. The van der Waals surface area contributed by atoms with Crippen LogP contribution in [0.3, 0.4) is 0 Å². The first-order chi connectivity index (χ1) is 9.98. The Hall–Kier alpha value is -0.610. The normalized spacial score (nSPS) is 28.0. The van der Waals surface area contributed by atoms with E-state index in [1.807, 2.05) is 0 Å². The lowest BCUT2D eigenvalue weighted by atomic mass is 9.85. The van der Waals surface area contributed by atoms with Crippen LogP contribution in [-0.2, 0) is 4.79 Å². The first kappa shape index (κ1) is 16.8. The SMILES string of the molecule is CNC(=O)CN1CCC(NC2CCCC(C)(C)CC2)CC1. The van der Waals surface area contributed by atoms with Crippen molar-refractivity contribution in [2.45, 2.75) is 70.9 Å². The van der Waals surface area contributed by atoms with E-state index in [1.165, 1.54) is 44.9 Å². The van der Waals surface area contributed by atoms with Crippen molar-refractivity contribution in [3.05, 3.63) is 0 Å². The minimum Gasteiger partial charge on any atom is -0.358 e. The minimum absolute atomic E-state index is 0.132. The van der Waals surface area contributed by atoms with E-state index in [4.69, 9.17) is 0 Å². The molecule has 1 atom stereocenters. The molecule has 4 nitrogen and oxygen atoms in total. The summed E-state index contributed by atoms with van der Waals surface area (Å²) in [4.78, 5) is 13.7. The van der Waals surface area contributed by atoms with Crippen molar-refractivity contribution >= 4 is 5.91 Å². The van der Waals surface area contributed by atoms with Gasteiger partial charge in [0.05, 0.1) is 6.54 Å². The van der Waals surface area contributed by atoms with Crippen LogP contribution >= 0.6 is 0 Å². The monoisotopic (exact) mass is 295 g/mol. The molecule has 0 aromatic heterocycles. The zero-order chi connectivity index (χ0) is 15.3. The first-order valence-corrected chi connectivity index (χ1v) is 8.67. The van der Waals surface area contributed by atoms with Gasteiger partial charge in [0.2, 0.25) is 5.91 Å². The van der Waals surface area contributed by atoms with Gasteiger partial charge < -0.3 is 10.6 Å². The van der Waals surface area contributed by atoms with Crippen molar-refractivity contribution in [2.24, 2.45) is 5.41 Å². The largest absolute Gasteiger partial charge is 0.358 e. The van der Waals surface area contributed by atoms with Gasteiger partial charge in [-0.3, -0.25) is 9.69 Å². The molecule has 1 aliphatic carbocycles. The predicted octanol–water partition coefficient (Wildman–Crippen LogP) is 2.15. The van der Waals surface area contributed by atoms with Crippen molar-refractivity contribution in [1.82, 2.24) is 15.5 Å². The minimum atomic E-state index is 0.132. The van der Waals surface area contributed by atoms with Gasteiger partial charge in [-0.2, -0.15) is 0 Å². The van der Waals surface area contributed by atoms with E-state index in [1.54, 1.807) is 7.05 Å². The van der Waals surface area contributed by atoms with Crippen LogP contribution in [0.15, 0.2) is 0 Å². The van der Waals surface area contributed by atoms with Crippen molar-refractivity contribution in [1.29, 1.82) is 0 Å². The second-order valence-corrected chi connectivity index (χ2v) is 7.68. The van der Waals surface area contributed by atoms with Gasteiger partial charge in [0, 0.05) is 32.2 Å². The summed E-state index contributed by atoms with van der Waals surface area (Å²) in [6, 6.07) is 1.36. The fraction of sp³-hybridized carbons (Fsp3) is 0.941. The van der Waals surface area contributed by atoms with Crippen LogP contribution in [0.5, 0.6) is 0 Å². The number of amides is 1. The number of nitrogens with one attached hydrogen (secondary N) is 2. The Morgan fingerprint density at radius 2 is 1.76 bits per heavy atom. The second kappa shape index (κ2) is 7.59. The predicted molar refractivity (Wildman–Crippen MR) is 87.3 cm³/mol. The van der Waals surface area contributed by atoms with Crippen LogP contribution in [0.2, 0.25) is 0 Å². The molecule has 1 aliphatic heterocycles. The quantitative estimate of drug-likeness (QED) is 0.781. The van der Waals surface area contributed by atoms with Gasteiger partial charge in [0.15, 0.2) is 0 Å². The molecule has 4 heteroatoms. The summed E-state index contributed by atoms with van der Waals surface area (Å²) >= 11 is 0. The molecule has 1 saturated heterocycles. The van der Waals surface area contributed by atoms with E-state index >= 15 is 0 Å². The highest BCUT2D eigenvalue weighted by molar-refractivity contribution is 5.77. The summed E-state index contributed by atoms with van der Waals surface area (Å²) < 4.78 is 0. The van der Waals surface area contributed by atoms with Crippen molar-refractivity contribution < 1.29 is 4.79 Å². The fourth-order valence-electron chi connectivity index (χ4n) is 3.70. The average molecular weight is 295 g/mol. The summed E-state index contributed by atoms with van der Waals surface area (Å²) in [5, 5.41) is 6.60. The Kier molecular flexibility index (Phi) is 6.06. The van der Waals surface area contributed by atoms with E-state index in [0.29, 0.717) is 24.0 Å². The van der Waals surface area contributed by atoms with E-state index < -0.39 is 0 Å². The van der Waals surface area contributed by atoms with Crippen molar-refractivity contribution in [2.75, 3.05) is 26.7 Å². The molecule has 1 saturated carbocycles. The maximum Gasteiger partial charge on any atom is 0.233 e. The Bertz CT molecular complexity index is 335. The highest BCUT2D eigenvalue weighted by atomic mass is 16.1. The molecule has 122 valence electrons. The Balaban J connectivity index is 1.70. The zero-order valence-corrected chi connectivity index (χ0v) is 14.1. The highest BCUT2D eigenvalue weighted by Gasteiger charge is 2.27. The lowest BCUT2D eigenvalue weighted by Crippen LogP contribution is -2.48. The van der Waals surface area contributed by atoms with E-state index in [2.05, 4.69) is 29.4 Å². The summed E-state index contributed by atoms with van der Waals surface area (Å²) in [7, 11) is 1.71. The van der Waals surface area contributed by atoms with Crippen LogP contribution in [0, 0.1) is 5.41 Å². The van der Waals surface area contributed by atoms with E-state index in [9.17, 15) is 4.79 Å². The van der Waals surface area contributed by atoms with Gasteiger partial charge in [-0.25, -0.2) is 0 Å². The van der Waals surface area contributed by atoms with Crippen LogP contribution in [0.4, 0.5) is 0 Å². The second-order valence-electron chi connectivity index (χ2n) is 7.68. The number of rotatable bonds is 4. The standard InChI is InChI=1S/C17H33N3O/c1-17(2)9-4-5-14(6-10-17)19-15-7-11-20(12-8-15)13-16(21)18-3/h14-15,19H,4-13H2,1-3H3,(H,18,21). The number of carbonyl (C=O) groups is 1. The number of hydrogen-bond donors (Lipinski definition) is 2. The lowest BCUT2D eigenvalue weighted by Gasteiger charge is -2.34. The molecule has 0 spiro atoms. The number of hydrogen-bond acceptors (Lipinski definition) is 3. The Labute approximate surface area is 130 Å². The lowest BCUT2D eigenvalue weighted by molar-refractivity contribution is -0.122. The number of likely N-dealkylation sites (tertiary alicyclic amines) is 1. The molecule has 2 fully saturated rings. The van der Waals surface area contributed by atoms with E-state index in [-0.39, 0.29) is 5.91 Å². The molecule has 1 unspecified atom stereocenters. The van der Waals surface area contributed by atoms with Crippen LogP contribution in [0.25, 0.3) is 0 Å². The highest BCUT2D eigenvalue weighted by Crippen LogP contribution is 2.34. The molecular weight excluding hydrogens is 262 g/mol. The fourth-order valence-corrected chi connectivity index (χ4v) is 3.70. The molecule has 0 aromatic carbocycles. The van der Waals surface area contributed by atoms with Crippen LogP contribution in [-0.4, -0.2) is 49.6 Å². The number of likely N-dealkylation sites (N-methyl/N-ethyl adjacent to an activating group) is 1. The van der Waals surface area contributed by atoms with Gasteiger partial charge in [-0.1, -0.05) is 20.3 Å². The molecule has 21 heavy (non-hydrogen) atoms. The summed E-state index contributed by atoms with van der Waals surface area (Å²) in [5.41, 5.74) is 0.535.